The second-order valence-corrected chi connectivity index (χ2v) is 5.07. The number of nitro groups is 1. The third kappa shape index (κ3) is 2.75. The number of aryl methyl sites for hydroxylation is 1. The smallest absolute Gasteiger partial charge is 0.292 e. The first-order chi connectivity index (χ1) is 8.56. The lowest BCUT2D eigenvalue weighted by Crippen LogP contribution is -2.01. The van der Waals surface area contributed by atoms with Crippen molar-refractivity contribution in [1.82, 2.24) is 4.98 Å². The Kier molecular flexibility index (Phi) is 3.42. The van der Waals surface area contributed by atoms with Gasteiger partial charge in [-0.2, -0.15) is 0 Å². The molecule has 1 heterocycles. The zero-order chi connectivity index (χ0) is 13.1. The molecule has 0 amide bonds. The maximum Gasteiger partial charge on any atom is 0.292 e. The fraction of sp³-hybridized carbons (Fsp3) is 0.182. The number of nitrogen functional groups attached to an aromatic ring is 1. The number of nitrogens with zero attached hydrogens (tertiary/aromatic N) is 2. The lowest BCUT2D eigenvalue weighted by Gasteiger charge is -2.05. The maximum absolute atomic E-state index is 10.6. The third-order valence-corrected chi connectivity index (χ3v) is 3.25. The van der Waals surface area contributed by atoms with E-state index in [1.165, 1.54) is 6.07 Å². The predicted molar refractivity (Wildman–Crippen MR) is 71.7 cm³/mol. The first kappa shape index (κ1) is 12.3. The van der Waals surface area contributed by atoms with Gasteiger partial charge in [0, 0.05) is 22.8 Å². The quantitative estimate of drug-likeness (QED) is 0.502. The van der Waals surface area contributed by atoms with Crippen LogP contribution < -0.4 is 11.1 Å². The molecule has 2 aromatic rings. The molecule has 6 nitrogen and oxygen atoms in total. The number of thiazole rings is 1. The predicted octanol–water partition coefficient (Wildman–Crippen LogP) is 2.55. The molecule has 94 valence electrons. The van der Waals surface area contributed by atoms with Crippen molar-refractivity contribution in [3.05, 3.63) is 44.4 Å². The molecule has 18 heavy (non-hydrogen) atoms. The van der Waals surface area contributed by atoms with E-state index < -0.39 is 4.92 Å². The average Bonchev–Trinajstić information content (AvgIpc) is 2.72. The molecule has 0 radical (unpaired) electrons. The Balaban J connectivity index is 2.06. The van der Waals surface area contributed by atoms with Crippen molar-refractivity contribution in [2.24, 2.45) is 0 Å². The molecule has 0 unspecified atom stereocenters. The molecular formula is C11H12N4O2S. The highest BCUT2D eigenvalue weighted by atomic mass is 32.1. The normalized spacial score (nSPS) is 10.3. The van der Waals surface area contributed by atoms with E-state index in [0.717, 1.165) is 15.6 Å². The first-order valence-corrected chi connectivity index (χ1v) is 6.07. The molecule has 1 aromatic carbocycles. The van der Waals surface area contributed by atoms with E-state index in [2.05, 4.69) is 10.3 Å². The van der Waals surface area contributed by atoms with Gasteiger partial charge in [-0.25, -0.2) is 4.98 Å². The summed E-state index contributed by atoms with van der Waals surface area (Å²) in [4.78, 5) is 15.5. The summed E-state index contributed by atoms with van der Waals surface area (Å²) in [6.07, 6.45) is 1.81. The number of rotatable bonds is 4. The van der Waals surface area contributed by atoms with E-state index in [4.69, 9.17) is 5.73 Å². The lowest BCUT2D eigenvalue weighted by molar-refractivity contribution is -0.383. The van der Waals surface area contributed by atoms with E-state index in [-0.39, 0.29) is 11.4 Å². The van der Waals surface area contributed by atoms with Crippen molar-refractivity contribution in [3.63, 3.8) is 0 Å². The van der Waals surface area contributed by atoms with Gasteiger partial charge in [-0.05, 0) is 19.1 Å². The van der Waals surface area contributed by atoms with Crippen LogP contribution in [0.1, 0.15) is 9.88 Å². The molecular weight excluding hydrogens is 252 g/mol. The van der Waals surface area contributed by atoms with Crippen LogP contribution in [0.25, 0.3) is 0 Å². The van der Waals surface area contributed by atoms with Gasteiger partial charge in [0.15, 0.2) is 0 Å². The van der Waals surface area contributed by atoms with Crippen molar-refractivity contribution in [1.29, 1.82) is 0 Å². The van der Waals surface area contributed by atoms with Crippen molar-refractivity contribution in [2.75, 3.05) is 11.1 Å². The van der Waals surface area contributed by atoms with Crippen molar-refractivity contribution in [3.8, 4) is 0 Å². The van der Waals surface area contributed by atoms with Gasteiger partial charge in [0.2, 0.25) is 0 Å². The minimum atomic E-state index is -0.497. The molecule has 0 atom stereocenters. The van der Waals surface area contributed by atoms with Crippen LogP contribution in [0.2, 0.25) is 0 Å². The fourth-order valence-electron chi connectivity index (χ4n) is 1.49. The Morgan fingerprint density at radius 3 is 2.89 bits per heavy atom. The Labute approximate surface area is 108 Å². The van der Waals surface area contributed by atoms with Crippen LogP contribution in [0, 0.1) is 17.0 Å². The molecule has 0 spiro atoms. The van der Waals surface area contributed by atoms with Gasteiger partial charge >= 0.3 is 0 Å². The second kappa shape index (κ2) is 5.01. The van der Waals surface area contributed by atoms with Gasteiger partial charge in [-0.3, -0.25) is 10.1 Å². The Morgan fingerprint density at radius 2 is 2.33 bits per heavy atom. The minimum Gasteiger partial charge on any atom is -0.393 e. The van der Waals surface area contributed by atoms with Crippen molar-refractivity contribution < 1.29 is 4.92 Å². The molecule has 0 aliphatic carbocycles. The Morgan fingerprint density at radius 1 is 1.56 bits per heavy atom. The highest BCUT2D eigenvalue weighted by Crippen LogP contribution is 2.25. The van der Waals surface area contributed by atoms with Crippen LogP contribution in [0.5, 0.6) is 0 Å². The maximum atomic E-state index is 10.6. The van der Waals surface area contributed by atoms with Gasteiger partial charge in [0.25, 0.3) is 5.69 Å². The van der Waals surface area contributed by atoms with Gasteiger partial charge in [0.1, 0.15) is 10.7 Å². The summed E-state index contributed by atoms with van der Waals surface area (Å²) < 4.78 is 0. The summed E-state index contributed by atoms with van der Waals surface area (Å²) in [5, 5.41) is 14.7. The van der Waals surface area contributed by atoms with Gasteiger partial charge in [-0.1, -0.05) is 0 Å². The molecule has 1 aromatic heterocycles. The van der Waals surface area contributed by atoms with Crippen molar-refractivity contribution in [2.45, 2.75) is 13.5 Å². The highest BCUT2D eigenvalue weighted by molar-refractivity contribution is 7.11. The number of hydrogen-bond acceptors (Lipinski definition) is 6. The molecule has 0 fully saturated rings. The molecule has 7 heteroatoms. The van der Waals surface area contributed by atoms with Crippen LogP contribution in [0.3, 0.4) is 0 Å². The number of benzene rings is 1. The van der Waals surface area contributed by atoms with Crippen LogP contribution in [0.4, 0.5) is 17.1 Å². The first-order valence-electron chi connectivity index (χ1n) is 5.25. The Bertz CT molecular complexity index is 582. The largest absolute Gasteiger partial charge is 0.393 e. The monoisotopic (exact) mass is 264 g/mol. The van der Waals surface area contributed by atoms with E-state index >= 15 is 0 Å². The fourth-order valence-corrected chi connectivity index (χ4v) is 2.22. The van der Waals surface area contributed by atoms with Crippen LogP contribution >= 0.6 is 11.3 Å². The molecule has 0 aliphatic rings. The summed E-state index contributed by atoms with van der Waals surface area (Å²) in [5.74, 6) is 0. The number of nitrogens with two attached hydrogens (primary N) is 1. The SMILES string of the molecule is Cc1cnc(CNc2ccc([N+](=O)[O-])c(N)c2)s1. The molecule has 0 aliphatic heterocycles. The van der Waals surface area contributed by atoms with E-state index in [0.29, 0.717) is 6.54 Å². The molecule has 0 saturated carbocycles. The van der Waals surface area contributed by atoms with E-state index in [9.17, 15) is 10.1 Å². The number of aromatic nitrogens is 1. The van der Waals surface area contributed by atoms with Crippen LogP contribution in [0.15, 0.2) is 24.4 Å². The standard InChI is InChI=1S/C11H12N4O2S/c1-7-5-14-11(18-7)6-13-8-2-3-10(15(16)17)9(12)4-8/h2-5,13H,6,12H2,1H3. The number of anilines is 2. The van der Waals surface area contributed by atoms with Gasteiger partial charge in [0.05, 0.1) is 11.5 Å². The van der Waals surface area contributed by atoms with E-state index in [1.807, 2.05) is 13.1 Å². The third-order valence-electron chi connectivity index (χ3n) is 2.34. The molecule has 0 saturated heterocycles. The lowest BCUT2D eigenvalue weighted by atomic mass is 10.2. The summed E-state index contributed by atoms with van der Waals surface area (Å²) in [6, 6.07) is 4.58. The highest BCUT2D eigenvalue weighted by Gasteiger charge is 2.10. The van der Waals surface area contributed by atoms with Crippen LogP contribution in [-0.2, 0) is 6.54 Å². The minimum absolute atomic E-state index is 0.0781. The Hall–Kier alpha value is -2.15. The average molecular weight is 264 g/mol. The van der Waals surface area contributed by atoms with Crippen molar-refractivity contribution >= 4 is 28.4 Å². The number of nitro benzene ring substituents is 1. The topological polar surface area (TPSA) is 94.1 Å². The zero-order valence-corrected chi connectivity index (χ0v) is 10.5. The summed E-state index contributed by atoms with van der Waals surface area (Å²) >= 11 is 1.61. The van der Waals surface area contributed by atoms with E-state index in [1.54, 1.807) is 23.5 Å². The summed E-state index contributed by atoms with van der Waals surface area (Å²) in [5.41, 5.74) is 6.42. The second-order valence-electron chi connectivity index (χ2n) is 3.75. The molecule has 0 bridgehead atoms. The van der Waals surface area contributed by atoms with Gasteiger partial charge in [-0.15, -0.1) is 11.3 Å². The summed E-state index contributed by atoms with van der Waals surface area (Å²) in [6.45, 7) is 2.57. The number of nitrogens with one attached hydrogen (secondary N) is 1. The zero-order valence-electron chi connectivity index (χ0n) is 9.71. The van der Waals surface area contributed by atoms with Gasteiger partial charge < -0.3 is 11.1 Å². The van der Waals surface area contributed by atoms with Crippen LogP contribution in [-0.4, -0.2) is 9.91 Å². The molecule has 3 N–H and O–H groups in total. The molecule has 2 rings (SSSR count). The number of hydrogen-bond donors (Lipinski definition) is 2. The summed E-state index contributed by atoms with van der Waals surface area (Å²) in [7, 11) is 0.